The summed E-state index contributed by atoms with van der Waals surface area (Å²) in [6, 6.07) is 6.47. The van der Waals surface area contributed by atoms with Gasteiger partial charge >= 0.3 is 12.1 Å². The van der Waals surface area contributed by atoms with Gasteiger partial charge in [-0.2, -0.15) is 13.2 Å². The van der Waals surface area contributed by atoms with Crippen molar-refractivity contribution in [3.63, 3.8) is 0 Å². The van der Waals surface area contributed by atoms with E-state index in [1.165, 1.54) is 18.2 Å². The van der Waals surface area contributed by atoms with Gasteiger partial charge in [0.15, 0.2) is 0 Å². The van der Waals surface area contributed by atoms with Crippen LogP contribution in [0.2, 0.25) is 5.02 Å². The van der Waals surface area contributed by atoms with Crippen molar-refractivity contribution >= 4 is 17.6 Å². The number of alkyl halides is 3. The second-order valence-electron chi connectivity index (χ2n) is 4.51. The van der Waals surface area contributed by atoms with E-state index in [4.69, 9.17) is 21.4 Å². The highest BCUT2D eigenvalue weighted by atomic mass is 35.5. The van der Waals surface area contributed by atoms with Crippen LogP contribution < -0.4 is 4.74 Å². The minimum Gasteiger partial charge on any atom is -0.488 e. The molecule has 0 bridgehead atoms. The Labute approximate surface area is 133 Å². The molecular formula is C15H9ClF4O3. The third-order valence-electron chi connectivity index (χ3n) is 2.94. The highest BCUT2D eigenvalue weighted by Gasteiger charge is 2.34. The van der Waals surface area contributed by atoms with Crippen LogP contribution in [0, 0.1) is 5.82 Å². The minimum atomic E-state index is -4.69. The van der Waals surface area contributed by atoms with E-state index >= 15 is 0 Å². The lowest BCUT2D eigenvalue weighted by Gasteiger charge is -2.15. The molecule has 2 aromatic carbocycles. The van der Waals surface area contributed by atoms with Crippen molar-refractivity contribution in [3.8, 4) is 5.75 Å². The van der Waals surface area contributed by atoms with Crippen LogP contribution in [0.15, 0.2) is 36.4 Å². The summed E-state index contributed by atoms with van der Waals surface area (Å²) in [7, 11) is 0. The van der Waals surface area contributed by atoms with Crippen molar-refractivity contribution in [1.29, 1.82) is 0 Å². The molecule has 8 heteroatoms. The highest BCUT2D eigenvalue weighted by Crippen LogP contribution is 2.38. The van der Waals surface area contributed by atoms with Gasteiger partial charge in [-0.05, 0) is 24.3 Å². The summed E-state index contributed by atoms with van der Waals surface area (Å²) in [4.78, 5) is 10.8. The number of benzene rings is 2. The molecule has 0 amide bonds. The van der Waals surface area contributed by atoms with Crippen LogP contribution in [0.4, 0.5) is 17.6 Å². The van der Waals surface area contributed by atoms with E-state index in [0.717, 1.165) is 12.1 Å². The van der Waals surface area contributed by atoms with Gasteiger partial charge in [0.25, 0.3) is 0 Å². The first kappa shape index (κ1) is 17.1. The van der Waals surface area contributed by atoms with Gasteiger partial charge < -0.3 is 9.84 Å². The molecule has 23 heavy (non-hydrogen) atoms. The zero-order valence-electron chi connectivity index (χ0n) is 11.3. The molecule has 0 heterocycles. The number of rotatable bonds is 4. The maximum absolute atomic E-state index is 13.9. The Morgan fingerprint density at radius 2 is 1.91 bits per heavy atom. The first-order chi connectivity index (χ1) is 10.7. The van der Waals surface area contributed by atoms with Crippen LogP contribution in [-0.2, 0) is 12.8 Å². The summed E-state index contributed by atoms with van der Waals surface area (Å²) in [6.07, 6.45) is -4.69. The SMILES string of the molecule is O=C(O)c1cccc(COc2ccc(Cl)cc2C(F)(F)F)c1F. The topological polar surface area (TPSA) is 46.5 Å². The number of hydrogen-bond donors (Lipinski definition) is 1. The van der Waals surface area contributed by atoms with E-state index in [2.05, 4.69) is 0 Å². The van der Waals surface area contributed by atoms with E-state index in [0.29, 0.717) is 6.07 Å². The molecule has 0 fully saturated rings. The van der Waals surface area contributed by atoms with Crippen molar-refractivity contribution in [2.75, 3.05) is 0 Å². The average Bonchev–Trinajstić information content (AvgIpc) is 2.46. The number of carboxylic acid groups (broad SMARTS) is 1. The largest absolute Gasteiger partial charge is 0.488 e. The minimum absolute atomic E-state index is 0.122. The van der Waals surface area contributed by atoms with E-state index in [1.807, 2.05) is 0 Å². The van der Waals surface area contributed by atoms with Gasteiger partial charge in [-0.25, -0.2) is 9.18 Å². The second-order valence-corrected chi connectivity index (χ2v) is 4.95. The molecule has 0 radical (unpaired) electrons. The number of aromatic carboxylic acids is 1. The Bertz CT molecular complexity index is 744. The average molecular weight is 349 g/mol. The predicted molar refractivity (Wildman–Crippen MR) is 74.1 cm³/mol. The van der Waals surface area contributed by atoms with Crippen molar-refractivity contribution in [1.82, 2.24) is 0 Å². The number of hydrogen-bond acceptors (Lipinski definition) is 2. The molecule has 0 aliphatic heterocycles. The Morgan fingerprint density at radius 3 is 2.52 bits per heavy atom. The molecule has 2 rings (SSSR count). The monoisotopic (exact) mass is 348 g/mol. The normalized spacial score (nSPS) is 11.3. The van der Waals surface area contributed by atoms with Crippen LogP contribution in [0.1, 0.15) is 21.5 Å². The fourth-order valence-corrected chi connectivity index (χ4v) is 2.03. The van der Waals surface area contributed by atoms with E-state index in [-0.39, 0.29) is 10.6 Å². The summed E-state index contributed by atoms with van der Waals surface area (Å²) < 4.78 is 57.7. The fourth-order valence-electron chi connectivity index (χ4n) is 1.86. The maximum atomic E-state index is 13.9. The Morgan fingerprint density at radius 1 is 1.22 bits per heavy atom. The van der Waals surface area contributed by atoms with Gasteiger partial charge in [0.1, 0.15) is 18.2 Å². The van der Waals surface area contributed by atoms with E-state index < -0.39 is 41.4 Å². The van der Waals surface area contributed by atoms with Crippen LogP contribution >= 0.6 is 11.6 Å². The fraction of sp³-hybridized carbons (Fsp3) is 0.133. The molecule has 2 aromatic rings. The van der Waals surface area contributed by atoms with Crippen molar-refractivity contribution < 1.29 is 32.2 Å². The molecule has 1 N–H and O–H groups in total. The van der Waals surface area contributed by atoms with Crippen molar-refractivity contribution in [3.05, 3.63) is 63.9 Å². The summed E-state index contributed by atoms with van der Waals surface area (Å²) in [6.45, 7) is -0.558. The van der Waals surface area contributed by atoms with E-state index in [1.54, 1.807) is 0 Å². The molecule has 0 spiro atoms. The smallest absolute Gasteiger partial charge is 0.420 e. The van der Waals surface area contributed by atoms with Crippen LogP contribution in [0.25, 0.3) is 0 Å². The molecule has 3 nitrogen and oxygen atoms in total. The summed E-state index contributed by atoms with van der Waals surface area (Å²) >= 11 is 5.54. The molecule has 0 saturated carbocycles. The molecule has 0 atom stereocenters. The third-order valence-corrected chi connectivity index (χ3v) is 3.17. The lowest BCUT2D eigenvalue weighted by atomic mass is 10.1. The van der Waals surface area contributed by atoms with Crippen molar-refractivity contribution in [2.45, 2.75) is 12.8 Å². The molecule has 0 unspecified atom stereocenters. The van der Waals surface area contributed by atoms with Crippen molar-refractivity contribution in [2.24, 2.45) is 0 Å². The van der Waals surface area contributed by atoms with Gasteiger partial charge in [0.05, 0.1) is 11.1 Å². The second kappa shape index (κ2) is 6.45. The van der Waals surface area contributed by atoms with Crippen LogP contribution in [-0.4, -0.2) is 11.1 Å². The molecule has 0 aliphatic rings. The number of carboxylic acids is 1. The number of carbonyl (C=O) groups is 1. The van der Waals surface area contributed by atoms with Gasteiger partial charge in [-0.15, -0.1) is 0 Å². The van der Waals surface area contributed by atoms with Crippen LogP contribution in [0.3, 0.4) is 0 Å². The standard InChI is InChI=1S/C15H9ClF4O3/c16-9-4-5-12(11(6-9)15(18,19)20)23-7-8-2-1-3-10(13(8)17)14(21)22/h1-6H,7H2,(H,21,22). The molecular weight excluding hydrogens is 340 g/mol. The molecule has 122 valence electrons. The zero-order valence-corrected chi connectivity index (χ0v) is 12.1. The number of ether oxygens (including phenoxy) is 1. The summed E-state index contributed by atoms with van der Waals surface area (Å²) in [5, 5.41) is 8.69. The summed E-state index contributed by atoms with van der Waals surface area (Å²) in [5.41, 5.74) is -1.86. The van der Waals surface area contributed by atoms with Gasteiger partial charge in [-0.1, -0.05) is 23.7 Å². The molecule has 0 saturated heterocycles. The van der Waals surface area contributed by atoms with Gasteiger partial charge in [0.2, 0.25) is 0 Å². The van der Waals surface area contributed by atoms with Gasteiger partial charge in [0, 0.05) is 10.6 Å². The summed E-state index contributed by atoms with van der Waals surface area (Å²) in [5.74, 6) is -3.06. The third kappa shape index (κ3) is 3.92. The van der Waals surface area contributed by atoms with E-state index in [9.17, 15) is 22.4 Å². The first-order valence-corrected chi connectivity index (χ1v) is 6.58. The molecule has 0 aromatic heterocycles. The number of halogens is 5. The quantitative estimate of drug-likeness (QED) is 0.809. The molecule has 0 aliphatic carbocycles. The first-order valence-electron chi connectivity index (χ1n) is 6.20. The lowest BCUT2D eigenvalue weighted by molar-refractivity contribution is -0.139. The Kier molecular flexibility index (Phi) is 4.79. The Hall–Kier alpha value is -2.28. The van der Waals surface area contributed by atoms with Gasteiger partial charge in [-0.3, -0.25) is 0 Å². The Balaban J connectivity index is 2.29. The lowest BCUT2D eigenvalue weighted by Crippen LogP contribution is -2.10. The van der Waals surface area contributed by atoms with Crippen LogP contribution in [0.5, 0.6) is 5.75 Å². The zero-order chi connectivity index (χ0) is 17.2. The predicted octanol–water partition coefficient (Wildman–Crippen LogP) is 4.78. The maximum Gasteiger partial charge on any atom is 0.420 e. The highest BCUT2D eigenvalue weighted by molar-refractivity contribution is 6.30.